The summed E-state index contributed by atoms with van der Waals surface area (Å²) in [7, 11) is 1.94. The molecule has 24 heavy (non-hydrogen) atoms. The Morgan fingerprint density at radius 3 is 2.38 bits per heavy atom. The number of benzene rings is 1. The SMILES string of the molecule is C=C/C=C(\C=C)C(=O)CN(C)C(C)CCc1ccc(C(N)=O)cc1. The number of carbonyl (C=O) groups is 2. The predicted molar refractivity (Wildman–Crippen MR) is 98.9 cm³/mol. The minimum absolute atomic E-state index is 0.0325. The van der Waals surface area contributed by atoms with Crippen molar-refractivity contribution in [3.05, 3.63) is 72.4 Å². The van der Waals surface area contributed by atoms with Crippen LogP contribution >= 0.6 is 0 Å². The molecule has 4 heteroatoms. The molecule has 0 aromatic heterocycles. The minimum Gasteiger partial charge on any atom is -0.366 e. The van der Waals surface area contributed by atoms with Crippen LogP contribution in [0.4, 0.5) is 0 Å². The Hall–Kier alpha value is -2.46. The molecule has 1 amide bonds. The van der Waals surface area contributed by atoms with Gasteiger partial charge in [-0.2, -0.15) is 0 Å². The van der Waals surface area contributed by atoms with Crippen LogP contribution in [0.3, 0.4) is 0 Å². The van der Waals surface area contributed by atoms with Gasteiger partial charge in [0.25, 0.3) is 0 Å². The highest BCUT2D eigenvalue weighted by Crippen LogP contribution is 2.11. The molecule has 0 aliphatic carbocycles. The van der Waals surface area contributed by atoms with Crippen LogP contribution in [0, 0.1) is 0 Å². The molecular formula is C20H26N2O2. The van der Waals surface area contributed by atoms with E-state index in [0.29, 0.717) is 17.7 Å². The lowest BCUT2D eigenvalue weighted by atomic mass is 10.0. The molecular weight excluding hydrogens is 300 g/mol. The van der Waals surface area contributed by atoms with Gasteiger partial charge in [0.15, 0.2) is 5.78 Å². The smallest absolute Gasteiger partial charge is 0.248 e. The standard InChI is InChI=1S/C20H26N2O2/c1-5-7-17(6-2)19(23)14-22(4)15(3)8-9-16-10-12-18(13-11-16)20(21)24/h5-7,10-13,15H,1-2,8-9,14H2,3-4H3,(H2,21,24)/b17-7+. The van der Waals surface area contributed by atoms with E-state index in [9.17, 15) is 9.59 Å². The number of amides is 1. The Morgan fingerprint density at radius 1 is 1.25 bits per heavy atom. The number of hydrogen-bond acceptors (Lipinski definition) is 3. The molecule has 0 radical (unpaired) electrons. The van der Waals surface area contributed by atoms with Crippen molar-refractivity contribution < 1.29 is 9.59 Å². The van der Waals surface area contributed by atoms with E-state index in [1.54, 1.807) is 30.4 Å². The first-order chi connectivity index (χ1) is 11.4. The van der Waals surface area contributed by atoms with Gasteiger partial charge in [0.2, 0.25) is 5.91 Å². The Kier molecular flexibility index (Phi) is 7.86. The molecule has 1 rings (SSSR count). The molecule has 1 unspecified atom stereocenters. The van der Waals surface area contributed by atoms with E-state index in [0.717, 1.165) is 18.4 Å². The summed E-state index contributed by atoms with van der Waals surface area (Å²) in [5.41, 5.74) is 7.47. The molecule has 4 nitrogen and oxygen atoms in total. The van der Waals surface area contributed by atoms with Crippen LogP contribution in [-0.4, -0.2) is 36.2 Å². The summed E-state index contributed by atoms with van der Waals surface area (Å²) in [5.74, 6) is -0.385. The molecule has 1 aromatic rings. The Labute approximate surface area is 144 Å². The summed E-state index contributed by atoms with van der Waals surface area (Å²) < 4.78 is 0. The molecule has 0 bridgehead atoms. The number of hydrogen-bond donors (Lipinski definition) is 1. The van der Waals surface area contributed by atoms with Gasteiger partial charge in [0.1, 0.15) is 0 Å². The van der Waals surface area contributed by atoms with Gasteiger partial charge in [-0.1, -0.05) is 43.5 Å². The quantitative estimate of drug-likeness (QED) is 0.531. The van der Waals surface area contributed by atoms with E-state index in [1.807, 2.05) is 24.1 Å². The van der Waals surface area contributed by atoms with E-state index in [1.165, 1.54) is 0 Å². The average molecular weight is 326 g/mol. The normalized spacial score (nSPS) is 12.7. The predicted octanol–water partition coefficient (Wildman–Crippen LogP) is 2.91. The van der Waals surface area contributed by atoms with Gasteiger partial charge in [-0.25, -0.2) is 0 Å². The maximum atomic E-state index is 12.2. The number of likely N-dealkylation sites (N-methyl/N-ethyl adjacent to an activating group) is 1. The van der Waals surface area contributed by atoms with Crippen LogP contribution in [-0.2, 0) is 11.2 Å². The fourth-order valence-corrected chi connectivity index (χ4v) is 2.31. The molecule has 0 saturated carbocycles. The fourth-order valence-electron chi connectivity index (χ4n) is 2.31. The molecule has 0 saturated heterocycles. The zero-order valence-electron chi connectivity index (χ0n) is 14.5. The molecule has 0 heterocycles. The Bertz CT molecular complexity index is 630. The van der Waals surface area contributed by atoms with Crippen molar-refractivity contribution in [2.24, 2.45) is 5.73 Å². The van der Waals surface area contributed by atoms with Gasteiger partial charge >= 0.3 is 0 Å². The lowest BCUT2D eigenvalue weighted by Gasteiger charge is -2.24. The second kappa shape index (κ2) is 9.63. The van der Waals surface area contributed by atoms with Crippen molar-refractivity contribution >= 4 is 11.7 Å². The summed E-state index contributed by atoms with van der Waals surface area (Å²) in [6.07, 6.45) is 6.61. The highest BCUT2D eigenvalue weighted by atomic mass is 16.1. The van der Waals surface area contributed by atoms with E-state index in [2.05, 4.69) is 20.1 Å². The first-order valence-corrected chi connectivity index (χ1v) is 7.96. The maximum Gasteiger partial charge on any atom is 0.248 e. The number of nitrogens with zero attached hydrogens (tertiary/aromatic N) is 1. The molecule has 1 atom stereocenters. The summed E-state index contributed by atoms with van der Waals surface area (Å²) in [6.45, 7) is 9.70. The van der Waals surface area contributed by atoms with Gasteiger partial charge in [0, 0.05) is 17.2 Å². The molecule has 2 N–H and O–H groups in total. The molecule has 0 spiro atoms. The highest BCUT2D eigenvalue weighted by Gasteiger charge is 2.14. The maximum absolute atomic E-state index is 12.2. The van der Waals surface area contributed by atoms with Crippen LogP contribution in [0.15, 0.2) is 61.2 Å². The van der Waals surface area contributed by atoms with Gasteiger partial charge in [0.05, 0.1) is 6.54 Å². The number of primary amides is 1. The first-order valence-electron chi connectivity index (χ1n) is 7.96. The van der Waals surface area contributed by atoms with E-state index >= 15 is 0 Å². The van der Waals surface area contributed by atoms with Crippen LogP contribution in [0.5, 0.6) is 0 Å². The number of nitrogens with two attached hydrogens (primary N) is 1. The number of rotatable bonds is 10. The second-order valence-electron chi connectivity index (χ2n) is 5.85. The Morgan fingerprint density at radius 2 is 1.88 bits per heavy atom. The van der Waals surface area contributed by atoms with E-state index < -0.39 is 5.91 Å². The van der Waals surface area contributed by atoms with Crippen molar-refractivity contribution in [3.8, 4) is 0 Å². The van der Waals surface area contributed by atoms with Crippen molar-refractivity contribution in [1.29, 1.82) is 0 Å². The third kappa shape index (κ3) is 5.97. The number of carbonyl (C=O) groups excluding carboxylic acids is 2. The van der Waals surface area contributed by atoms with Crippen molar-refractivity contribution in [1.82, 2.24) is 4.90 Å². The van der Waals surface area contributed by atoms with E-state index in [4.69, 9.17) is 5.73 Å². The monoisotopic (exact) mass is 326 g/mol. The lowest BCUT2D eigenvalue weighted by Crippen LogP contribution is -2.34. The van der Waals surface area contributed by atoms with Crippen LogP contribution < -0.4 is 5.73 Å². The van der Waals surface area contributed by atoms with Gasteiger partial charge in [-0.15, -0.1) is 0 Å². The molecule has 1 aromatic carbocycles. The summed E-state index contributed by atoms with van der Waals surface area (Å²) in [5, 5.41) is 0. The third-order valence-electron chi connectivity index (χ3n) is 4.07. The zero-order valence-corrected chi connectivity index (χ0v) is 14.5. The summed E-state index contributed by atoms with van der Waals surface area (Å²) in [6, 6.07) is 7.57. The molecule has 0 fully saturated rings. The van der Waals surface area contributed by atoms with Gasteiger partial charge in [-0.05, 0) is 44.5 Å². The largest absolute Gasteiger partial charge is 0.366 e. The van der Waals surface area contributed by atoms with Crippen molar-refractivity contribution in [3.63, 3.8) is 0 Å². The third-order valence-corrected chi connectivity index (χ3v) is 4.07. The van der Waals surface area contributed by atoms with E-state index in [-0.39, 0.29) is 11.8 Å². The number of ketones is 1. The Balaban J connectivity index is 2.54. The van der Waals surface area contributed by atoms with Crippen LogP contribution in [0.1, 0.15) is 29.3 Å². The van der Waals surface area contributed by atoms with Gasteiger partial charge < -0.3 is 5.73 Å². The average Bonchev–Trinajstić information content (AvgIpc) is 2.57. The van der Waals surface area contributed by atoms with Crippen molar-refractivity contribution in [2.75, 3.05) is 13.6 Å². The fraction of sp³-hybridized carbons (Fsp3) is 0.300. The number of Topliss-reactive ketones (excluding diaryl/α,β-unsaturated/α-hetero) is 1. The number of aryl methyl sites for hydroxylation is 1. The second-order valence-corrected chi connectivity index (χ2v) is 5.85. The van der Waals surface area contributed by atoms with Gasteiger partial charge in [-0.3, -0.25) is 14.5 Å². The lowest BCUT2D eigenvalue weighted by molar-refractivity contribution is -0.116. The minimum atomic E-state index is -0.418. The van der Waals surface area contributed by atoms with Crippen molar-refractivity contribution in [2.45, 2.75) is 25.8 Å². The highest BCUT2D eigenvalue weighted by molar-refractivity contribution is 5.99. The van der Waals surface area contributed by atoms with Crippen LogP contribution in [0.2, 0.25) is 0 Å². The summed E-state index contributed by atoms with van der Waals surface area (Å²) in [4.78, 5) is 25.3. The molecule has 0 aliphatic heterocycles. The zero-order chi connectivity index (χ0) is 18.1. The summed E-state index contributed by atoms with van der Waals surface area (Å²) >= 11 is 0. The molecule has 0 aliphatic rings. The topological polar surface area (TPSA) is 63.4 Å². The molecule has 128 valence electrons. The first kappa shape index (κ1) is 19.6. The van der Waals surface area contributed by atoms with Crippen LogP contribution in [0.25, 0.3) is 0 Å². The number of allylic oxidation sites excluding steroid dienone is 3.